The van der Waals surface area contributed by atoms with Crippen molar-refractivity contribution in [3.63, 3.8) is 0 Å². The maximum Gasteiger partial charge on any atom is 0.133 e. The second-order valence-corrected chi connectivity index (χ2v) is 4.50. The minimum absolute atomic E-state index is 0.431. The van der Waals surface area contributed by atoms with Crippen molar-refractivity contribution in [2.24, 2.45) is 0 Å². The molecular formula is C12H12ClN3. The van der Waals surface area contributed by atoms with Crippen LogP contribution in [0, 0.1) is 0 Å². The number of hydrogen-bond acceptors (Lipinski definition) is 3. The summed E-state index contributed by atoms with van der Waals surface area (Å²) in [5, 5.41) is 5.02. The van der Waals surface area contributed by atoms with Gasteiger partial charge in [0.25, 0.3) is 0 Å². The Morgan fingerprint density at radius 1 is 1.38 bits per heavy atom. The van der Waals surface area contributed by atoms with Crippen LogP contribution in [0.3, 0.4) is 0 Å². The molecule has 0 bridgehead atoms. The van der Waals surface area contributed by atoms with Gasteiger partial charge in [0.05, 0.1) is 10.5 Å². The van der Waals surface area contributed by atoms with Crippen LogP contribution in [0.25, 0.3) is 10.9 Å². The molecule has 2 heterocycles. The minimum Gasteiger partial charge on any atom is -0.316 e. The summed E-state index contributed by atoms with van der Waals surface area (Å²) in [6.45, 7) is 2.02. The van der Waals surface area contributed by atoms with Crippen LogP contribution in [0.4, 0.5) is 0 Å². The standard InChI is InChI=1S/C12H12ClN3/c13-10-3-1-2-8-7-15-12(16-11(8)10)9-4-5-14-6-9/h1-3,7,9,14H,4-6H2. The number of nitrogens with zero attached hydrogens (tertiary/aromatic N) is 2. The fourth-order valence-corrected chi connectivity index (χ4v) is 2.33. The SMILES string of the molecule is Clc1cccc2cnc(C3CCNC3)nc12. The predicted octanol–water partition coefficient (Wildman–Crippen LogP) is 2.36. The van der Waals surface area contributed by atoms with Crippen LogP contribution in [0.2, 0.25) is 5.02 Å². The van der Waals surface area contributed by atoms with E-state index in [-0.39, 0.29) is 0 Å². The molecule has 1 fully saturated rings. The van der Waals surface area contributed by atoms with Crippen LogP contribution in [0.5, 0.6) is 0 Å². The summed E-state index contributed by atoms with van der Waals surface area (Å²) in [4.78, 5) is 8.99. The van der Waals surface area contributed by atoms with Crippen molar-refractivity contribution in [2.45, 2.75) is 12.3 Å². The minimum atomic E-state index is 0.431. The van der Waals surface area contributed by atoms with Gasteiger partial charge in [0.15, 0.2) is 0 Å². The lowest BCUT2D eigenvalue weighted by molar-refractivity contribution is 0.707. The highest BCUT2D eigenvalue weighted by Crippen LogP contribution is 2.24. The first-order chi connectivity index (χ1) is 7.84. The molecule has 1 unspecified atom stereocenters. The number of aromatic nitrogens is 2. The first kappa shape index (κ1) is 10.00. The maximum absolute atomic E-state index is 6.13. The van der Waals surface area contributed by atoms with Gasteiger partial charge in [0.2, 0.25) is 0 Å². The molecule has 3 nitrogen and oxygen atoms in total. The molecule has 1 saturated heterocycles. The van der Waals surface area contributed by atoms with E-state index in [9.17, 15) is 0 Å². The van der Waals surface area contributed by atoms with Gasteiger partial charge in [-0.1, -0.05) is 23.7 Å². The zero-order chi connectivity index (χ0) is 11.0. The van der Waals surface area contributed by atoms with E-state index in [1.807, 2.05) is 24.4 Å². The van der Waals surface area contributed by atoms with Gasteiger partial charge < -0.3 is 5.32 Å². The third-order valence-corrected chi connectivity index (χ3v) is 3.31. The summed E-state index contributed by atoms with van der Waals surface area (Å²) in [6, 6.07) is 5.77. The lowest BCUT2D eigenvalue weighted by Crippen LogP contribution is -2.10. The van der Waals surface area contributed by atoms with Gasteiger partial charge in [-0.05, 0) is 19.0 Å². The number of halogens is 1. The molecular weight excluding hydrogens is 222 g/mol. The predicted molar refractivity (Wildman–Crippen MR) is 64.8 cm³/mol. The topological polar surface area (TPSA) is 37.8 Å². The number of nitrogens with one attached hydrogen (secondary N) is 1. The Bertz CT molecular complexity index is 521. The van der Waals surface area contributed by atoms with E-state index in [0.717, 1.165) is 36.2 Å². The summed E-state index contributed by atoms with van der Waals surface area (Å²) in [6.07, 6.45) is 2.97. The van der Waals surface area contributed by atoms with Gasteiger partial charge in [0.1, 0.15) is 5.82 Å². The molecule has 1 aromatic heterocycles. The van der Waals surface area contributed by atoms with Crippen LogP contribution in [0.1, 0.15) is 18.2 Å². The van der Waals surface area contributed by atoms with E-state index in [0.29, 0.717) is 10.9 Å². The summed E-state index contributed by atoms with van der Waals surface area (Å²) in [7, 11) is 0. The Hall–Kier alpha value is -1.19. The third-order valence-electron chi connectivity index (χ3n) is 3.01. The van der Waals surface area contributed by atoms with Gasteiger partial charge in [-0.15, -0.1) is 0 Å². The molecule has 2 aromatic rings. The van der Waals surface area contributed by atoms with Gasteiger partial charge >= 0.3 is 0 Å². The van der Waals surface area contributed by atoms with E-state index in [4.69, 9.17) is 11.6 Å². The molecule has 1 aliphatic heterocycles. The largest absolute Gasteiger partial charge is 0.316 e. The zero-order valence-electron chi connectivity index (χ0n) is 8.78. The quantitative estimate of drug-likeness (QED) is 0.822. The van der Waals surface area contributed by atoms with Crippen molar-refractivity contribution in [1.82, 2.24) is 15.3 Å². The molecule has 1 atom stereocenters. The van der Waals surface area contributed by atoms with Gasteiger partial charge in [0, 0.05) is 24.0 Å². The van der Waals surface area contributed by atoms with Crippen LogP contribution in [0.15, 0.2) is 24.4 Å². The van der Waals surface area contributed by atoms with E-state index in [2.05, 4.69) is 15.3 Å². The molecule has 82 valence electrons. The van der Waals surface area contributed by atoms with Crippen molar-refractivity contribution in [2.75, 3.05) is 13.1 Å². The van der Waals surface area contributed by atoms with Crippen LogP contribution in [-0.4, -0.2) is 23.1 Å². The second-order valence-electron chi connectivity index (χ2n) is 4.10. The molecule has 4 heteroatoms. The first-order valence-corrected chi connectivity index (χ1v) is 5.84. The van der Waals surface area contributed by atoms with Gasteiger partial charge in [-0.25, -0.2) is 9.97 Å². The Morgan fingerprint density at radius 3 is 3.12 bits per heavy atom. The molecule has 1 aliphatic rings. The lowest BCUT2D eigenvalue weighted by atomic mass is 10.1. The second kappa shape index (κ2) is 4.00. The Balaban J connectivity index is 2.10. The molecule has 0 saturated carbocycles. The number of fused-ring (bicyclic) bond motifs is 1. The molecule has 0 spiro atoms. The van der Waals surface area contributed by atoms with E-state index in [1.165, 1.54) is 0 Å². The lowest BCUT2D eigenvalue weighted by Gasteiger charge is -2.07. The third kappa shape index (κ3) is 1.66. The van der Waals surface area contributed by atoms with Crippen molar-refractivity contribution < 1.29 is 0 Å². The molecule has 0 amide bonds. The summed E-state index contributed by atoms with van der Waals surface area (Å²) >= 11 is 6.13. The Labute approximate surface area is 98.9 Å². The molecule has 0 aliphatic carbocycles. The number of para-hydroxylation sites is 1. The van der Waals surface area contributed by atoms with Gasteiger partial charge in [-0.2, -0.15) is 0 Å². The highest BCUT2D eigenvalue weighted by atomic mass is 35.5. The number of hydrogen-bond donors (Lipinski definition) is 1. The molecule has 1 N–H and O–H groups in total. The number of rotatable bonds is 1. The molecule has 16 heavy (non-hydrogen) atoms. The molecule has 0 radical (unpaired) electrons. The van der Waals surface area contributed by atoms with Gasteiger partial charge in [-0.3, -0.25) is 0 Å². The average Bonchev–Trinajstić information content (AvgIpc) is 2.83. The highest BCUT2D eigenvalue weighted by Gasteiger charge is 2.19. The van der Waals surface area contributed by atoms with Crippen molar-refractivity contribution in [3.05, 3.63) is 35.2 Å². The normalized spacial score (nSPS) is 20.4. The fraction of sp³-hybridized carbons (Fsp3) is 0.333. The zero-order valence-corrected chi connectivity index (χ0v) is 9.54. The molecule has 3 rings (SSSR count). The Kier molecular flexibility index (Phi) is 2.50. The van der Waals surface area contributed by atoms with Crippen molar-refractivity contribution in [1.29, 1.82) is 0 Å². The van der Waals surface area contributed by atoms with Crippen LogP contribution in [-0.2, 0) is 0 Å². The first-order valence-electron chi connectivity index (χ1n) is 5.46. The van der Waals surface area contributed by atoms with E-state index >= 15 is 0 Å². The van der Waals surface area contributed by atoms with Crippen molar-refractivity contribution >= 4 is 22.5 Å². The summed E-state index contributed by atoms with van der Waals surface area (Å²) < 4.78 is 0. The maximum atomic E-state index is 6.13. The average molecular weight is 234 g/mol. The summed E-state index contributed by atoms with van der Waals surface area (Å²) in [5.74, 6) is 1.34. The van der Waals surface area contributed by atoms with Crippen molar-refractivity contribution in [3.8, 4) is 0 Å². The highest BCUT2D eigenvalue weighted by molar-refractivity contribution is 6.34. The van der Waals surface area contributed by atoms with Crippen LogP contribution >= 0.6 is 11.6 Å². The fourth-order valence-electron chi connectivity index (χ4n) is 2.10. The smallest absolute Gasteiger partial charge is 0.133 e. The van der Waals surface area contributed by atoms with Crippen LogP contribution < -0.4 is 5.32 Å². The summed E-state index contributed by atoms with van der Waals surface area (Å²) in [5.41, 5.74) is 0.862. The molecule has 1 aromatic carbocycles. The number of benzene rings is 1. The van der Waals surface area contributed by atoms with E-state index < -0.39 is 0 Å². The van der Waals surface area contributed by atoms with E-state index in [1.54, 1.807) is 0 Å². The Morgan fingerprint density at radius 2 is 2.31 bits per heavy atom. The monoisotopic (exact) mass is 233 g/mol.